The van der Waals surface area contributed by atoms with E-state index in [1.807, 2.05) is 11.8 Å². The fourth-order valence-electron chi connectivity index (χ4n) is 1.38. The molecule has 1 aliphatic heterocycles. The van der Waals surface area contributed by atoms with Gasteiger partial charge in [0.15, 0.2) is 0 Å². The molecule has 1 aliphatic rings. The van der Waals surface area contributed by atoms with Crippen molar-refractivity contribution in [3.8, 4) is 0 Å². The van der Waals surface area contributed by atoms with Crippen molar-refractivity contribution in [3.05, 3.63) is 0 Å². The largest absolute Gasteiger partial charge is 0.390 e. The van der Waals surface area contributed by atoms with Gasteiger partial charge in [-0.05, 0) is 6.92 Å². The predicted molar refractivity (Wildman–Crippen MR) is 53.4 cm³/mol. The van der Waals surface area contributed by atoms with Crippen LogP contribution in [0.1, 0.15) is 6.92 Å². The van der Waals surface area contributed by atoms with Crippen molar-refractivity contribution in [2.75, 3.05) is 31.1 Å². The summed E-state index contributed by atoms with van der Waals surface area (Å²) in [6.45, 7) is 4.40. The second-order valence-electron chi connectivity index (χ2n) is 3.31. The smallest absolute Gasteiger partial charge is 0.0789 e. The molecular formula is C8H18N2OS. The van der Waals surface area contributed by atoms with Crippen molar-refractivity contribution < 1.29 is 5.11 Å². The van der Waals surface area contributed by atoms with Crippen LogP contribution >= 0.6 is 11.8 Å². The third kappa shape index (κ3) is 2.94. The second kappa shape index (κ2) is 5.07. The van der Waals surface area contributed by atoms with Gasteiger partial charge in [-0.2, -0.15) is 11.8 Å². The summed E-state index contributed by atoms with van der Waals surface area (Å²) in [4.78, 5) is 2.31. The predicted octanol–water partition coefficient (Wildman–Crippen LogP) is -0.257. The molecule has 12 heavy (non-hydrogen) atoms. The summed E-state index contributed by atoms with van der Waals surface area (Å²) in [6, 6.07) is 0.588. The number of hydrogen-bond acceptors (Lipinski definition) is 4. The summed E-state index contributed by atoms with van der Waals surface area (Å²) in [5.74, 6) is 2.36. The van der Waals surface area contributed by atoms with Crippen LogP contribution in [0.15, 0.2) is 0 Å². The molecule has 0 saturated carbocycles. The summed E-state index contributed by atoms with van der Waals surface area (Å²) in [5.41, 5.74) is 5.35. The van der Waals surface area contributed by atoms with Gasteiger partial charge in [-0.15, -0.1) is 0 Å². The van der Waals surface area contributed by atoms with Gasteiger partial charge in [0, 0.05) is 37.2 Å². The first-order chi connectivity index (χ1) is 5.74. The monoisotopic (exact) mass is 190 g/mol. The molecule has 72 valence electrons. The van der Waals surface area contributed by atoms with Gasteiger partial charge >= 0.3 is 0 Å². The van der Waals surface area contributed by atoms with Gasteiger partial charge in [0.25, 0.3) is 0 Å². The number of thioether (sulfide) groups is 1. The van der Waals surface area contributed by atoms with Gasteiger partial charge < -0.3 is 10.8 Å². The maximum atomic E-state index is 9.35. The Hall–Kier alpha value is 0.230. The molecule has 0 aliphatic carbocycles. The standard InChI is InChI=1S/C8H18N2OS/c1-7-6-12-3-2-10(7)5-8(11)4-9/h7-8,11H,2-6,9H2,1H3/t7?,8-/m0/s1. The fourth-order valence-corrected chi connectivity index (χ4v) is 2.46. The molecule has 3 N–H and O–H groups in total. The number of nitrogens with two attached hydrogens (primary N) is 1. The van der Waals surface area contributed by atoms with Crippen LogP contribution in [-0.2, 0) is 0 Å². The van der Waals surface area contributed by atoms with Crippen LogP contribution < -0.4 is 5.73 Å². The molecular weight excluding hydrogens is 172 g/mol. The Kier molecular flexibility index (Phi) is 4.35. The van der Waals surface area contributed by atoms with Gasteiger partial charge in [-0.1, -0.05) is 0 Å². The molecule has 4 heteroatoms. The Balaban J connectivity index is 2.28. The Morgan fingerprint density at radius 1 is 1.75 bits per heavy atom. The van der Waals surface area contributed by atoms with Crippen LogP contribution in [0.4, 0.5) is 0 Å². The summed E-state index contributed by atoms with van der Waals surface area (Å²) in [7, 11) is 0. The first kappa shape index (κ1) is 10.3. The number of nitrogens with zero attached hydrogens (tertiary/aromatic N) is 1. The highest BCUT2D eigenvalue weighted by Crippen LogP contribution is 2.15. The summed E-state index contributed by atoms with van der Waals surface area (Å²) < 4.78 is 0. The Morgan fingerprint density at radius 2 is 2.50 bits per heavy atom. The van der Waals surface area contributed by atoms with Gasteiger partial charge in [-0.25, -0.2) is 0 Å². The lowest BCUT2D eigenvalue weighted by molar-refractivity contribution is 0.104. The average Bonchev–Trinajstić information content (AvgIpc) is 2.09. The van der Waals surface area contributed by atoms with Gasteiger partial charge in [0.2, 0.25) is 0 Å². The minimum Gasteiger partial charge on any atom is -0.390 e. The lowest BCUT2D eigenvalue weighted by Crippen LogP contribution is -2.46. The van der Waals surface area contributed by atoms with Crippen LogP contribution in [0.2, 0.25) is 0 Å². The average molecular weight is 190 g/mol. The van der Waals surface area contributed by atoms with Crippen molar-refractivity contribution in [1.29, 1.82) is 0 Å². The SMILES string of the molecule is CC1CSCCN1C[C@@H](O)CN. The van der Waals surface area contributed by atoms with E-state index in [0.717, 1.165) is 13.1 Å². The number of aliphatic hydroxyl groups is 1. The molecule has 1 saturated heterocycles. The second-order valence-corrected chi connectivity index (χ2v) is 4.46. The molecule has 0 spiro atoms. The quantitative estimate of drug-likeness (QED) is 0.644. The van der Waals surface area contributed by atoms with Crippen LogP contribution in [0, 0.1) is 0 Å². The van der Waals surface area contributed by atoms with Crippen LogP contribution in [0.5, 0.6) is 0 Å². The number of rotatable bonds is 3. The minimum absolute atomic E-state index is 0.351. The molecule has 0 aromatic rings. The lowest BCUT2D eigenvalue weighted by Gasteiger charge is -2.34. The normalized spacial score (nSPS) is 28.8. The summed E-state index contributed by atoms with van der Waals surface area (Å²) >= 11 is 1.99. The molecule has 1 fully saturated rings. The molecule has 1 unspecified atom stereocenters. The minimum atomic E-state index is -0.351. The van der Waals surface area contributed by atoms with Crippen LogP contribution in [0.3, 0.4) is 0 Å². The molecule has 2 atom stereocenters. The van der Waals surface area contributed by atoms with E-state index in [1.54, 1.807) is 0 Å². The van der Waals surface area contributed by atoms with Crippen molar-refractivity contribution in [3.63, 3.8) is 0 Å². The van der Waals surface area contributed by atoms with E-state index >= 15 is 0 Å². The van der Waals surface area contributed by atoms with E-state index < -0.39 is 0 Å². The van der Waals surface area contributed by atoms with Crippen LogP contribution in [-0.4, -0.2) is 53.3 Å². The molecule has 0 aromatic heterocycles. The topological polar surface area (TPSA) is 49.5 Å². The van der Waals surface area contributed by atoms with E-state index in [4.69, 9.17) is 5.73 Å². The third-order valence-electron chi connectivity index (χ3n) is 2.22. The summed E-state index contributed by atoms with van der Waals surface area (Å²) in [5, 5.41) is 9.35. The zero-order valence-corrected chi connectivity index (χ0v) is 8.39. The van der Waals surface area contributed by atoms with Crippen LogP contribution in [0.25, 0.3) is 0 Å². The van der Waals surface area contributed by atoms with Crippen molar-refractivity contribution in [2.24, 2.45) is 5.73 Å². The van der Waals surface area contributed by atoms with E-state index in [-0.39, 0.29) is 6.10 Å². The van der Waals surface area contributed by atoms with Crippen molar-refractivity contribution in [1.82, 2.24) is 4.90 Å². The van der Waals surface area contributed by atoms with Gasteiger partial charge in [0.1, 0.15) is 0 Å². The van der Waals surface area contributed by atoms with Crippen molar-refractivity contribution >= 4 is 11.8 Å². The molecule has 0 bridgehead atoms. The van der Waals surface area contributed by atoms with E-state index in [9.17, 15) is 5.11 Å². The van der Waals surface area contributed by atoms with Crippen molar-refractivity contribution in [2.45, 2.75) is 19.1 Å². The van der Waals surface area contributed by atoms with Gasteiger partial charge in [0.05, 0.1) is 6.10 Å². The maximum Gasteiger partial charge on any atom is 0.0789 e. The molecule has 0 amide bonds. The Morgan fingerprint density at radius 3 is 3.08 bits per heavy atom. The van der Waals surface area contributed by atoms with E-state index in [2.05, 4.69) is 11.8 Å². The highest BCUT2D eigenvalue weighted by molar-refractivity contribution is 7.99. The number of β-amino-alcohol motifs (C(OH)–C–C–N with tert-alkyl or cyclic N) is 1. The lowest BCUT2D eigenvalue weighted by atomic mass is 10.2. The highest BCUT2D eigenvalue weighted by atomic mass is 32.2. The highest BCUT2D eigenvalue weighted by Gasteiger charge is 2.20. The molecule has 1 rings (SSSR count). The zero-order chi connectivity index (χ0) is 8.97. The fraction of sp³-hybridized carbons (Fsp3) is 1.00. The molecule has 0 radical (unpaired) electrons. The third-order valence-corrected chi connectivity index (χ3v) is 3.41. The number of hydrogen-bond donors (Lipinski definition) is 2. The first-order valence-electron chi connectivity index (χ1n) is 4.44. The van der Waals surface area contributed by atoms with Gasteiger partial charge in [-0.3, -0.25) is 4.90 Å². The number of aliphatic hydroxyl groups excluding tert-OH is 1. The Labute approximate surface area is 78.3 Å². The van der Waals surface area contributed by atoms with E-state index in [0.29, 0.717) is 12.6 Å². The molecule has 3 nitrogen and oxygen atoms in total. The Bertz CT molecular complexity index is 134. The summed E-state index contributed by atoms with van der Waals surface area (Å²) in [6.07, 6.45) is -0.351. The molecule has 0 aromatic carbocycles. The zero-order valence-electron chi connectivity index (χ0n) is 7.57. The first-order valence-corrected chi connectivity index (χ1v) is 5.59. The van der Waals surface area contributed by atoms with E-state index in [1.165, 1.54) is 11.5 Å². The molecule has 1 heterocycles. The maximum absolute atomic E-state index is 9.35.